The Morgan fingerprint density at radius 1 is 0.833 bits per heavy atom. The molecular formula is C33H36N2O7. The molecule has 0 heterocycles. The van der Waals surface area contributed by atoms with Crippen molar-refractivity contribution in [1.29, 1.82) is 0 Å². The van der Waals surface area contributed by atoms with Gasteiger partial charge in [-0.05, 0) is 46.6 Å². The standard InChI is InChI=1S/C33H36N2O7/c1-22(15-16-30(36)37)17-18-34-32(39)29(19-31(38)41-20-23-9-3-2-4-10-23)35-33(40)42-21-28-26-13-7-5-11-24(26)25-12-6-8-14-27(25)28/h2-14,22,28-29H,15-21H2,1H3,(H,34,39)(H,35,40)(H,36,37)/t22?,29-/m0/s1. The molecule has 9 nitrogen and oxygen atoms in total. The molecule has 9 heteroatoms. The van der Waals surface area contributed by atoms with Gasteiger partial charge in [0.2, 0.25) is 5.91 Å². The number of amides is 2. The summed E-state index contributed by atoms with van der Waals surface area (Å²) in [5, 5.41) is 14.2. The summed E-state index contributed by atoms with van der Waals surface area (Å²) in [7, 11) is 0. The Bertz CT molecular complexity index is 1350. The molecule has 0 aliphatic heterocycles. The highest BCUT2D eigenvalue weighted by Gasteiger charge is 2.30. The molecule has 220 valence electrons. The molecule has 0 aromatic heterocycles. The third kappa shape index (κ3) is 8.42. The Balaban J connectivity index is 1.36. The number of esters is 1. The molecule has 0 fully saturated rings. The molecule has 0 saturated heterocycles. The third-order valence-corrected chi connectivity index (χ3v) is 7.35. The number of alkyl carbamates (subject to hydrolysis) is 1. The predicted octanol–water partition coefficient (Wildman–Crippen LogP) is 5.03. The lowest BCUT2D eigenvalue weighted by molar-refractivity contribution is -0.147. The summed E-state index contributed by atoms with van der Waals surface area (Å²) in [6.45, 7) is 2.28. The van der Waals surface area contributed by atoms with E-state index in [-0.39, 0.29) is 44.4 Å². The quantitative estimate of drug-likeness (QED) is 0.231. The van der Waals surface area contributed by atoms with Crippen LogP contribution in [0.3, 0.4) is 0 Å². The highest BCUT2D eigenvalue weighted by Crippen LogP contribution is 2.44. The van der Waals surface area contributed by atoms with Gasteiger partial charge in [-0.1, -0.05) is 85.8 Å². The predicted molar refractivity (Wildman–Crippen MR) is 157 cm³/mol. The fraction of sp³-hybridized carbons (Fsp3) is 0.333. The van der Waals surface area contributed by atoms with E-state index in [0.717, 1.165) is 27.8 Å². The first-order chi connectivity index (χ1) is 20.3. The van der Waals surface area contributed by atoms with Crippen LogP contribution in [0.4, 0.5) is 4.79 Å². The van der Waals surface area contributed by atoms with E-state index in [1.807, 2.05) is 85.8 Å². The Kier molecular flexibility index (Phi) is 10.7. The second-order valence-electron chi connectivity index (χ2n) is 10.5. The molecule has 3 aromatic rings. The van der Waals surface area contributed by atoms with E-state index >= 15 is 0 Å². The van der Waals surface area contributed by atoms with Crippen LogP contribution in [-0.2, 0) is 30.5 Å². The molecule has 0 bridgehead atoms. The van der Waals surface area contributed by atoms with Gasteiger partial charge in [-0.15, -0.1) is 0 Å². The number of carbonyl (C=O) groups excluding carboxylic acids is 3. The van der Waals surface area contributed by atoms with Crippen molar-refractivity contribution < 1.29 is 33.8 Å². The number of aliphatic carboxylic acids is 1. The molecular weight excluding hydrogens is 536 g/mol. The molecule has 1 unspecified atom stereocenters. The average molecular weight is 573 g/mol. The summed E-state index contributed by atoms with van der Waals surface area (Å²) in [5.41, 5.74) is 5.10. The zero-order valence-corrected chi connectivity index (χ0v) is 23.6. The maximum atomic E-state index is 13.0. The van der Waals surface area contributed by atoms with Crippen molar-refractivity contribution in [3.63, 3.8) is 0 Å². The zero-order valence-electron chi connectivity index (χ0n) is 23.6. The van der Waals surface area contributed by atoms with Crippen LogP contribution in [0.5, 0.6) is 0 Å². The molecule has 1 aliphatic rings. The number of nitrogens with one attached hydrogen (secondary N) is 2. The number of carbonyl (C=O) groups is 4. The SMILES string of the molecule is CC(CCNC(=O)[C@H](CC(=O)OCc1ccccc1)NC(=O)OCC1c2ccccc2-c2ccccc21)CCC(=O)O. The van der Waals surface area contributed by atoms with Crippen LogP contribution in [0.25, 0.3) is 11.1 Å². The van der Waals surface area contributed by atoms with Crippen molar-refractivity contribution in [2.45, 2.75) is 51.2 Å². The Labute approximate surface area is 245 Å². The van der Waals surface area contributed by atoms with Gasteiger partial charge in [0.05, 0.1) is 6.42 Å². The highest BCUT2D eigenvalue weighted by atomic mass is 16.5. The molecule has 2 amide bonds. The fourth-order valence-electron chi connectivity index (χ4n) is 5.03. The number of carboxylic acids is 1. The molecule has 0 radical (unpaired) electrons. The number of hydrogen-bond acceptors (Lipinski definition) is 6. The summed E-state index contributed by atoms with van der Waals surface area (Å²) in [6.07, 6.45) is -0.109. The lowest BCUT2D eigenvalue weighted by Gasteiger charge is -2.20. The van der Waals surface area contributed by atoms with E-state index in [4.69, 9.17) is 14.6 Å². The number of benzene rings is 3. The number of ether oxygens (including phenoxy) is 2. The molecule has 42 heavy (non-hydrogen) atoms. The Hall–Kier alpha value is -4.66. The van der Waals surface area contributed by atoms with Crippen molar-refractivity contribution in [1.82, 2.24) is 10.6 Å². The molecule has 2 atom stereocenters. The number of rotatable bonds is 14. The van der Waals surface area contributed by atoms with Crippen LogP contribution in [0, 0.1) is 5.92 Å². The van der Waals surface area contributed by atoms with Crippen molar-refractivity contribution in [3.05, 3.63) is 95.6 Å². The van der Waals surface area contributed by atoms with Crippen LogP contribution in [0.15, 0.2) is 78.9 Å². The van der Waals surface area contributed by atoms with Gasteiger partial charge < -0.3 is 25.2 Å². The van der Waals surface area contributed by atoms with Crippen molar-refractivity contribution in [2.75, 3.05) is 13.2 Å². The van der Waals surface area contributed by atoms with Crippen LogP contribution >= 0.6 is 0 Å². The average Bonchev–Trinajstić information content (AvgIpc) is 3.31. The van der Waals surface area contributed by atoms with Crippen LogP contribution in [0.2, 0.25) is 0 Å². The van der Waals surface area contributed by atoms with Gasteiger partial charge in [-0.2, -0.15) is 0 Å². The Morgan fingerprint density at radius 3 is 2.10 bits per heavy atom. The number of carboxylic acid groups (broad SMARTS) is 1. The first kappa shape index (κ1) is 30.3. The minimum absolute atomic E-state index is 0.0417. The van der Waals surface area contributed by atoms with Gasteiger partial charge >= 0.3 is 18.0 Å². The van der Waals surface area contributed by atoms with E-state index < -0.39 is 30.0 Å². The molecule has 3 aromatic carbocycles. The fourth-order valence-corrected chi connectivity index (χ4v) is 5.03. The molecule has 0 saturated carbocycles. The largest absolute Gasteiger partial charge is 0.481 e. The zero-order chi connectivity index (χ0) is 29.9. The number of fused-ring (bicyclic) bond motifs is 3. The smallest absolute Gasteiger partial charge is 0.407 e. The van der Waals surface area contributed by atoms with Crippen molar-refractivity contribution >= 4 is 23.9 Å². The van der Waals surface area contributed by atoms with Crippen LogP contribution < -0.4 is 10.6 Å². The minimum Gasteiger partial charge on any atom is -0.481 e. The molecule has 3 N–H and O–H groups in total. The van der Waals surface area contributed by atoms with E-state index in [1.54, 1.807) is 0 Å². The first-order valence-corrected chi connectivity index (χ1v) is 14.1. The van der Waals surface area contributed by atoms with Gasteiger partial charge in [0.1, 0.15) is 19.3 Å². The lowest BCUT2D eigenvalue weighted by Crippen LogP contribution is -2.48. The second-order valence-corrected chi connectivity index (χ2v) is 10.5. The normalized spacial score (nSPS) is 13.3. The number of hydrogen-bond donors (Lipinski definition) is 3. The monoisotopic (exact) mass is 572 g/mol. The van der Waals surface area contributed by atoms with Crippen molar-refractivity contribution in [2.24, 2.45) is 5.92 Å². The molecule has 0 spiro atoms. The summed E-state index contributed by atoms with van der Waals surface area (Å²) in [4.78, 5) is 49.4. The first-order valence-electron chi connectivity index (χ1n) is 14.1. The van der Waals surface area contributed by atoms with Gasteiger partial charge in [-0.3, -0.25) is 14.4 Å². The van der Waals surface area contributed by atoms with E-state index in [9.17, 15) is 19.2 Å². The van der Waals surface area contributed by atoms with Gasteiger partial charge in [0.15, 0.2) is 0 Å². The van der Waals surface area contributed by atoms with Crippen LogP contribution in [0.1, 0.15) is 55.2 Å². The van der Waals surface area contributed by atoms with Crippen LogP contribution in [-0.4, -0.2) is 48.2 Å². The van der Waals surface area contributed by atoms with Gasteiger partial charge in [0.25, 0.3) is 0 Å². The van der Waals surface area contributed by atoms with Gasteiger partial charge in [-0.25, -0.2) is 4.79 Å². The topological polar surface area (TPSA) is 131 Å². The second kappa shape index (κ2) is 14.8. The maximum Gasteiger partial charge on any atom is 0.407 e. The van der Waals surface area contributed by atoms with E-state index in [0.29, 0.717) is 12.8 Å². The van der Waals surface area contributed by atoms with E-state index in [1.165, 1.54) is 0 Å². The lowest BCUT2D eigenvalue weighted by atomic mass is 9.98. The third-order valence-electron chi connectivity index (χ3n) is 7.35. The highest BCUT2D eigenvalue weighted by molar-refractivity contribution is 5.89. The van der Waals surface area contributed by atoms with E-state index in [2.05, 4.69) is 10.6 Å². The molecule has 4 rings (SSSR count). The minimum atomic E-state index is -1.21. The summed E-state index contributed by atoms with van der Waals surface area (Å²) >= 11 is 0. The van der Waals surface area contributed by atoms with Gasteiger partial charge in [0, 0.05) is 18.9 Å². The maximum absolute atomic E-state index is 13.0. The Morgan fingerprint density at radius 2 is 1.45 bits per heavy atom. The summed E-state index contributed by atoms with van der Waals surface area (Å²) in [6, 6.07) is 23.9. The molecule has 1 aliphatic carbocycles. The summed E-state index contributed by atoms with van der Waals surface area (Å²) in [5.74, 6) is -2.14. The van der Waals surface area contributed by atoms with Crippen molar-refractivity contribution in [3.8, 4) is 11.1 Å². The summed E-state index contributed by atoms with van der Waals surface area (Å²) < 4.78 is 10.9.